The molecular weight excluding hydrogens is 260 g/mol. The van der Waals surface area contributed by atoms with E-state index < -0.39 is 0 Å². The van der Waals surface area contributed by atoms with Crippen molar-refractivity contribution in [3.63, 3.8) is 0 Å². The SMILES string of the molecule is CCCCNC(=O)CCn1c(=O)sc2ccccc21. The first-order valence-corrected chi connectivity index (χ1v) is 7.39. The summed E-state index contributed by atoms with van der Waals surface area (Å²) in [6.07, 6.45) is 2.41. The molecule has 0 saturated heterocycles. The topological polar surface area (TPSA) is 51.1 Å². The number of aromatic nitrogens is 1. The van der Waals surface area contributed by atoms with Gasteiger partial charge in [0.1, 0.15) is 0 Å². The molecule has 1 amide bonds. The predicted octanol–water partition coefficient (Wildman–Crippen LogP) is 2.37. The molecule has 5 heteroatoms. The smallest absolute Gasteiger partial charge is 0.308 e. The van der Waals surface area contributed by atoms with Gasteiger partial charge in [-0.05, 0) is 18.6 Å². The summed E-state index contributed by atoms with van der Waals surface area (Å²) < 4.78 is 2.65. The fraction of sp³-hybridized carbons (Fsp3) is 0.429. The number of aryl methyl sites for hydroxylation is 1. The lowest BCUT2D eigenvalue weighted by molar-refractivity contribution is -0.121. The van der Waals surface area contributed by atoms with Crippen LogP contribution in [0.2, 0.25) is 0 Å². The summed E-state index contributed by atoms with van der Waals surface area (Å²) >= 11 is 1.23. The number of nitrogens with zero attached hydrogens (tertiary/aromatic N) is 1. The summed E-state index contributed by atoms with van der Waals surface area (Å²) in [5.41, 5.74) is 0.916. The molecular formula is C14H18N2O2S. The van der Waals surface area contributed by atoms with Gasteiger partial charge in [-0.3, -0.25) is 14.2 Å². The summed E-state index contributed by atoms with van der Waals surface area (Å²) in [4.78, 5) is 23.5. The second-order valence-electron chi connectivity index (χ2n) is 4.44. The molecule has 0 radical (unpaired) electrons. The number of hydrogen-bond donors (Lipinski definition) is 1. The third-order valence-corrected chi connectivity index (χ3v) is 3.95. The molecule has 0 aliphatic rings. The first-order valence-electron chi connectivity index (χ1n) is 6.57. The van der Waals surface area contributed by atoms with E-state index in [0.29, 0.717) is 19.5 Å². The molecule has 0 atom stereocenters. The number of rotatable bonds is 6. The summed E-state index contributed by atoms with van der Waals surface area (Å²) in [6.45, 7) is 3.25. The predicted molar refractivity (Wildman–Crippen MR) is 78.6 cm³/mol. The van der Waals surface area contributed by atoms with Crippen LogP contribution in [0.25, 0.3) is 10.2 Å². The zero-order chi connectivity index (χ0) is 13.7. The fourth-order valence-corrected chi connectivity index (χ4v) is 2.85. The number of nitrogens with one attached hydrogen (secondary N) is 1. The number of unbranched alkanes of at least 4 members (excludes halogenated alkanes) is 1. The molecule has 19 heavy (non-hydrogen) atoms. The van der Waals surface area contributed by atoms with Crippen LogP contribution in [-0.4, -0.2) is 17.0 Å². The fourth-order valence-electron chi connectivity index (χ4n) is 1.93. The van der Waals surface area contributed by atoms with Gasteiger partial charge in [0.2, 0.25) is 5.91 Å². The maximum Gasteiger partial charge on any atom is 0.308 e. The molecule has 102 valence electrons. The Labute approximate surface area is 116 Å². The van der Waals surface area contributed by atoms with Gasteiger partial charge in [0.25, 0.3) is 0 Å². The molecule has 1 heterocycles. The average Bonchev–Trinajstić information content (AvgIpc) is 2.72. The van der Waals surface area contributed by atoms with E-state index in [-0.39, 0.29) is 10.8 Å². The lowest BCUT2D eigenvalue weighted by Crippen LogP contribution is -2.26. The second-order valence-corrected chi connectivity index (χ2v) is 5.43. The molecule has 4 nitrogen and oxygen atoms in total. The van der Waals surface area contributed by atoms with Crippen molar-refractivity contribution in [3.8, 4) is 0 Å². The second kappa shape index (κ2) is 6.52. The minimum Gasteiger partial charge on any atom is -0.356 e. The largest absolute Gasteiger partial charge is 0.356 e. The van der Waals surface area contributed by atoms with Crippen molar-refractivity contribution in [2.45, 2.75) is 32.7 Å². The highest BCUT2D eigenvalue weighted by Crippen LogP contribution is 2.16. The van der Waals surface area contributed by atoms with Crippen molar-refractivity contribution in [2.75, 3.05) is 6.54 Å². The molecule has 0 aliphatic heterocycles. The Morgan fingerprint density at radius 3 is 2.95 bits per heavy atom. The molecule has 0 aliphatic carbocycles. The Kier molecular flexibility index (Phi) is 4.74. The van der Waals surface area contributed by atoms with Gasteiger partial charge < -0.3 is 5.32 Å². The maximum absolute atomic E-state index is 11.9. The molecule has 1 aromatic heterocycles. The van der Waals surface area contributed by atoms with Crippen molar-refractivity contribution >= 4 is 27.5 Å². The molecule has 1 N–H and O–H groups in total. The molecule has 0 bridgehead atoms. The van der Waals surface area contributed by atoms with Gasteiger partial charge in [-0.1, -0.05) is 36.8 Å². The van der Waals surface area contributed by atoms with E-state index in [4.69, 9.17) is 0 Å². The van der Waals surface area contributed by atoms with Gasteiger partial charge in [0.05, 0.1) is 10.2 Å². The Morgan fingerprint density at radius 2 is 2.16 bits per heavy atom. The van der Waals surface area contributed by atoms with E-state index in [2.05, 4.69) is 12.2 Å². The van der Waals surface area contributed by atoms with Gasteiger partial charge in [-0.15, -0.1) is 0 Å². The Morgan fingerprint density at radius 1 is 1.37 bits per heavy atom. The van der Waals surface area contributed by atoms with Crippen molar-refractivity contribution in [1.82, 2.24) is 9.88 Å². The molecule has 2 aromatic rings. The van der Waals surface area contributed by atoms with Crippen molar-refractivity contribution < 1.29 is 4.79 Å². The van der Waals surface area contributed by atoms with Crippen LogP contribution in [0.3, 0.4) is 0 Å². The number of fused-ring (bicyclic) bond motifs is 1. The molecule has 1 aromatic carbocycles. The van der Waals surface area contributed by atoms with Gasteiger partial charge in [-0.2, -0.15) is 0 Å². The van der Waals surface area contributed by atoms with Crippen LogP contribution in [-0.2, 0) is 11.3 Å². The van der Waals surface area contributed by atoms with E-state index in [1.54, 1.807) is 4.57 Å². The van der Waals surface area contributed by atoms with E-state index >= 15 is 0 Å². The molecule has 0 saturated carbocycles. The van der Waals surface area contributed by atoms with Gasteiger partial charge in [0.15, 0.2) is 0 Å². The van der Waals surface area contributed by atoms with Gasteiger partial charge >= 0.3 is 4.87 Å². The third-order valence-electron chi connectivity index (χ3n) is 2.99. The van der Waals surface area contributed by atoms with Crippen molar-refractivity contribution in [2.24, 2.45) is 0 Å². The standard InChI is InChI=1S/C14H18N2O2S/c1-2-3-9-15-13(17)8-10-16-11-6-4-5-7-12(11)19-14(16)18/h4-7H,2-3,8-10H2,1H3,(H,15,17). The highest BCUT2D eigenvalue weighted by atomic mass is 32.1. The summed E-state index contributed by atoms with van der Waals surface area (Å²) in [7, 11) is 0. The monoisotopic (exact) mass is 278 g/mol. The van der Waals surface area contributed by atoms with E-state index in [1.165, 1.54) is 11.3 Å². The van der Waals surface area contributed by atoms with Crippen molar-refractivity contribution in [1.29, 1.82) is 0 Å². The number of thiazole rings is 1. The number of carbonyl (C=O) groups excluding carboxylic acids is 1. The first-order chi connectivity index (χ1) is 9.22. The van der Waals surface area contributed by atoms with Crippen LogP contribution < -0.4 is 10.2 Å². The average molecular weight is 278 g/mol. The van der Waals surface area contributed by atoms with E-state index in [0.717, 1.165) is 23.1 Å². The lowest BCUT2D eigenvalue weighted by atomic mass is 10.3. The maximum atomic E-state index is 11.9. The minimum absolute atomic E-state index is 0.00237. The highest BCUT2D eigenvalue weighted by Gasteiger charge is 2.08. The first kappa shape index (κ1) is 13.8. The molecule has 0 fully saturated rings. The summed E-state index contributed by atoms with van der Waals surface area (Å²) in [6, 6.07) is 7.67. The van der Waals surface area contributed by atoms with Crippen LogP contribution in [0.5, 0.6) is 0 Å². The molecule has 0 unspecified atom stereocenters. The lowest BCUT2D eigenvalue weighted by Gasteiger charge is -2.05. The number of hydrogen-bond acceptors (Lipinski definition) is 3. The van der Waals surface area contributed by atoms with Crippen LogP contribution in [0.15, 0.2) is 29.1 Å². The minimum atomic E-state index is 0.00237. The number of benzene rings is 1. The zero-order valence-electron chi connectivity index (χ0n) is 11.0. The zero-order valence-corrected chi connectivity index (χ0v) is 11.8. The molecule has 0 spiro atoms. The Bertz CT molecular complexity index is 615. The van der Waals surface area contributed by atoms with Crippen LogP contribution in [0.4, 0.5) is 0 Å². The van der Waals surface area contributed by atoms with E-state index in [1.807, 2.05) is 24.3 Å². The highest BCUT2D eigenvalue weighted by molar-refractivity contribution is 7.16. The van der Waals surface area contributed by atoms with Crippen LogP contribution in [0, 0.1) is 0 Å². The summed E-state index contributed by atoms with van der Waals surface area (Å²) in [5.74, 6) is 0.00984. The normalized spacial score (nSPS) is 10.8. The number of carbonyl (C=O) groups is 1. The van der Waals surface area contributed by atoms with Gasteiger partial charge in [-0.25, -0.2) is 0 Å². The number of amides is 1. The van der Waals surface area contributed by atoms with Gasteiger partial charge in [0, 0.05) is 19.5 Å². The third kappa shape index (κ3) is 3.44. The Balaban J connectivity index is 2.00. The van der Waals surface area contributed by atoms with E-state index in [9.17, 15) is 9.59 Å². The number of para-hydroxylation sites is 1. The quantitative estimate of drug-likeness (QED) is 0.825. The summed E-state index contributed by atoms with van der Waals surface area (Å²) in [5, 5.41) is 2.86. The van der Waals surface area contributed by atoms with Crippen molar-refractivity contribution in [3.05, 3.63) is 33.9 Å². The van der Waals surface area contributed by atoms with Crippen LogP contribution in [0.1, 0.15) is 26.2 Å². The molecule has 2 rings (SSSR count). The Hall–Kier alpha value is -1.62. The van der Waals surface area contributed by atoms with Crippen LogP contribution >= 0.6 is 11.3 Å².